The van der Waals surface area contributed by atoms with E-state index in [0.717, 1.165) is 5.56 Å². The molecule has 0 aromatic heterocycles. The Labute approximate surface area is 311 Å². The summed E-state index contributed by atoms with van der Waals surface area (Å²) < 4.78 is 21.9. The maximum absolute atomic E-state index is 13.9. The first-order chi connectivity index (χ1) is 25.2. The Bertz CT molecular complexity index is 2080. The van der Waals surface area contributed by atoms with Crippen LogP contribution in [0.3, 0.4) is 0 Å². The van der Waals surface area contributed by atoms with Crippen LogP contribution < -0.4 is 34.9 Å². The Kier molecular flexibility index (Phi) is 12.8. The Morgan fingerprint density at radius 2 is 1.33 bits per heavy atom. The van der Waals surface area contributed by atoms with Gasteiger partial charge in [0.1, 0.15) is 22.4 Å². The Hall–Kier alpha value is -5.91. The summed E-state index contributed by atoms with van der Waals surface area (Å²) in [6, 6.07) is 33.2. The minimum atomic E-state index is -0.686. The molecule has 1 unspecified atom stereocenters. The summed E-state index contributed by atoms with van der Waals surface area (Å²) >= 11 is 7.52. The largest absolute Gasteiger partial charge is 0.496 e. The standard InChI is InChI=1S/C40H36ClN3O7S/c1-48-33-19-18-28(41)22-31(33)43-40(47)37(25-12-7-5-8-13-25)52-30-17-11-16-29(23-30)42-39(46)32(44-38(45)26-14-9-6-10-15-26)20-27-21-35(50-3)36(51-4)24-34(27)49-2/h5-24,37H,1-4H3,(H,42,46)(H,43,47)(H,44,45)/b32-20+. The van der Waals surface area contributed by atoms with Crippen molar-refractivity contribution in [3.05, 3.63) is 143 Å². The van der Waals surface area contributed by atoms with Crippen molar-refractivity contribution in [3.63, 3.8) is 0 Å². The molecule has 1 atom stereocenters. The molecule has 10 nitrogen and oxygen atoms in total. The molecule has 5 aromatic carbocycles. The number of carbonyl (C=O) groups is 3. The molecule has 0 saturated carbocycles. The number of thioether (sulfide) groups is 1. The Morgan fingerprint density at radius 3 is 2.00 bits per heavy atom. The summed E-state index contributed by atoms with van der Waals surface area (Å²) in [5.41, 5.74) is 2.38. The fourth-order valence-corrected chi connectivity index (χ4v) is 6.38. The van der Waals surface area contributed by atoms with Gasteiger partial charge in [0.25, 0.3) is 11.8 Å². The lowest BCUT2D eigenvalue weighted by molar-refractivity contribution is -0.116. The van der Waals surface area contributed by atoms with Gasteiger partial charge in [0, 0.05) is 32.8 Å². The second kappa shape index (κ2) is 17.8. The molecule has 52 heavy (non-hydrogen) atoms. The average Bonchev–Trinajstić information content (AvgIpc) is 3.17. The molecule has 5 rings (SSSR count). The van der Waals surface area contributed by atoms with Crippen molar-refractivity contribution < 1.29 is 33.3 Å². The predicted molar refractivity (Wildman–Crippen MR) is 205 cm³/mol. The molecule has 0 spiro atoms. The fraction of sp³-hybridized carbons (Fsp3) is 0.125. The maximum atomic E-state index is 13.9. The van der Waals surface area contributed by atoms with Gasteiger partial charge >= 0.3 is 0 Å². The van der Waals surface area contributed by atoms with Crippen LogP contribution in [-0.2, 0) is 9.59 Å². The Morgan fingerprint density at radius 1 is 0.673 bits per heavy atom. The van der Waals surface area contributed by atoms with Crippen molar-refractivity contribution in [1.82, 2.24) is 5.32 Å². The van der Waals surface area contributed by atoms with E-state index in [2.05, 4.69) is 16.0 Å². The van der Waals surface area contributed by atoms with E-state index in [1.165, 1.54) is 46.3 Å². The maximum Gasteiger partial charge on any atom is 0.272 e. The number of anilines is 2. The number of ether oxygens (including phenoxy) is 4. The van der Waals surface area contributed by atoms with Crippen molar-refractivity contribution in [2.24, 2.45) is 0 Å². The van der Waals surface area contributed by atoms with E-state index in [0.29, 0.717) is 55.4 Å². The molecule has 0 saturated heterocycles. The number of halogens is 1. The third-order valence-electron chi connectivity index (χ3n) is 7.67. The monoisotopic (exact) mass is 737 g/mol. The molecule has 0 bridgehead atoms. The molecule has 266 valence electrons. The zero-order valence-corrected chi connectivity index (χ0v) is 30.3. The molecule has 0 aliphatic rings. The van der Waals surface area contributed by atoms with Crippen molar-refractivity contribution >= 4 is 58.5 Å². The van der Waals surface area contributed by atoms with Gasteiger partial charge in [-0.3, -0.25) is 14.4 Å². The number of carbonyl (C=O) groups excluding carboxylic acids is 3. The molecule has 0 aliphatic carbocycles. The summed E-state index contributed by atoms with van der Waals surface area (Å²) in [5, 5.41) is 8.34. The molecule has 3 amide bonds. The van der Waals surface area contributed by atoms with E-state index >= 15 is 0 Å². The van der Waals surface area contributed by atoms with Gasteiger partial charge in [-0.2, -0.15) is 0 Å². The minimum absolute atomic E-state index is 0.0607. The van der Waals surface area contributed by atoms with Gasteiger partial charge in [-0.25, -0.2) is 0 Å². The zero-order valence-electron chi connectivity index (χ0n) is 28.8. The molecule has 5 aromatic rings. The van der Waals surface area contributed by atoms with Crippen molar-refractivity contribution in [2.75, 3.05) is 39.1 Å². The molecule has 0 radical (unpaired) electrons. The highest BCUT2D eigenvalue weighted by Gasteiger charge is 2.24. The van der Waals surface area contributed by atoms with Crippen molar-refractivity contribution in [3.8, 4) is 23.0 Å². The van der Waals surface area contributed by atoms with Crippen LogP contribution in [0.4, 0.5) is 11.4 Å². The van der Waals surface area contributed by atoms with Gasteiger partial charge in [-0.15, -0.1) is 11.8 Å². The number of hydrogen-bond donors (Lipinski definition) is 3. The lowest BCUT2D eigenvalue weighted by Gasteiger charge is -2.19. The number of amides is 3. The number of rotatable bonds is 14. The van der Waals surface area contributed by atoms with Crippen LogP contribution in [0, 0.1) is 0 Å². The molecule has 3 N–H and O–H groups in total. The van der Waals surface area contributed by atoms with Gasteiger partial charge in [0.2, 0.25) is 5.91 Å². The zero-order chi connectivity index (χ0) is 37.0. The van der Waals surface area contributed by atoms with Crippen molar-refractivity contribution in [2.45, 2.75) is 10.1 Å². The first-order valence-electron chi connectivity index (χ1n) is 15.9. The summed E-state index contributed by atoms with van der Waals surface area (Å²) in [6.07, 6.45) is 1.50. The molecule has 0 fully saturated rings. The van der Waals surface area contributed by atoms with Crippen LogP contribution in [0.25, 0.3) is 6.08 Å². The van der Waals surface area contributed by atoms with Crippen LogP contribution in [-0.4, -0.2) is 46.2 Å². The summed E-state index contributed by atoms with van der Waals surface area (Å²) in [4.78, 5) is 41.7. The van der Waals surface area contributed by atoms with Crippen LogP contribution in [0.15, 0.2) is 126 Å². The van der Waals surface area contributed by atoms with E-state index in [4.69, 9.17) is 30.5 Å². The number of hydrogen-bond acceptors (Lipinski definition) is 8. The smallest absolute Gasteiger partial charge is 0.272 e. The molecule has 0 heterocycles. The predicted octanol–water partition coefficient (Wildman–Crippen LogP) is 8.26. The summed E-state index contributed by atoms with van der Waals surface area (Å²) in [7, 11) is 6.00. The van der Waals surface area contributed by atoms with Gasteiger partial charge in [-0.05, 0) is 66.2 Å². The van der Waals surface area contributed by atoms with Gasteiger partial charge in [0.15, 0.2) is 11.5 Å². The quantitative estimate of drug-likeness (QED) is 0.0769. The first kappa shape index (κ1) is 37.3. The minimum Gasteiger partial charge on any atom is -0.496 e. The van der Waals surface area contributed by atoms with E-state index in [1.54, 1.807) is 78.9 Å². The van der Waals surface area contributed by atoms with E-state index < -0.39 is 17.1 Å². The van der Waals surface area contributed by atoms with Gasteiger partial charge in [-0.1, -0.05) is 66.2 Å². The number of methoxy groups -OCH3 is 4. The third-order valence-corrected chi connectivity index (χ3v) is 9.15. The topological polar surface area (TPSA) is 124 Å². The number of nitrogens with one attached hydrogen (secondary N) is 3. The molecular weight excluding hydrogens is 702 g/mol. The van der Waals surface area contributed by atoms with Crippen LogP contribution in [0.1, 0.15) is 26.7 Å². The highest BCUT2D eigenvalue weighted by atomic mass is 35.5. The second-order valence-electron chi connectivity index (χ2n) is 11.1. The molecular formula is C40H36ClN3O7S. The third kappa shape index (κ3) is 9.45. The average molecular weight is 738 g/mol. The van der Waals surface area contributed by atoms with E-state index in [1.807, 2.05) is 36.4 Å². The Balaban J connectivity index is 1.44. The SMILES string of the molecule is COc1cc(OC)c(OC)cc1/C=C(/NC(=O)c1ccccc1)C(=O)Nc1cccc(SC(C(=O)Nc2cc(Cl)ccc2OC)c2ccccc2)c1. The number of benzene rings is 5. The molecule has 0 aliphatic heterocycles. The van der Waals surface area contributed by atoms with Crippen LogP contribution >= 0.6 is 23.4 Å². The molecule has 12 heteroatoms. The highest BCUT2D eigenvalue weighted by molar-refractivity contribution is 8.00. The van der Waals surface area contributed by atoms with Crippen LogP contribution in [0.5, 0.6) is 23.0 Å². The van der Waals surface area contributed by atoms with Crippen LogP contribution in [0.2, 0.25) is 5.02 Å². The summed E-state index contributed by atoms with van der Waals surface area (Å²) in [6.45, 7) is 0. The van der Waals surface area contributed by atoms with E-state index in [9.17, 15) is 14.4 Å². The summed E-state index contributed by atoms with van der Waals surface area (Å²) in [5.74, 6) is 0.291. The van der Waals surface area contributed by atoms with Gasteiger partial charge < -0.3 is 34.9 Å². The normalized spacial score (nSPS) is 11.5. The van der Waals surface area contributed by atoms with Gasteiger partial charge in [0.05, 0.1) is 34.1 Å². The first-order valence-corrected chi connectivity index (χ1v) is 17.1. The highest BCUT2D eigenvalue weighted by Crippen LogP contribution is 2.39. The second-order valence-corrected chi connectivity index (χ2v) is 12.7. The van der Waals surface area contributed by atoms with Crippen molar-refractivity contribution in [1.29, 1.82) is 0 Å². The lowest BCUT2D eigenvalue weighted by atomic mass is 10.1. The fourth-order valence-electron chi connectivity index (χ4n) is 5.12. The van der Waals surface area contributed by atoms with E-state index in [-0.39, 0.29) is 11.6 Å². The lowest BCUT2D eigenvalue weighted by Crippen LogP contribution is -2.30.